The van der Waals surface area contributed by atoms with Crippen LogP contribution in [0.3, 0.4) is 0 Å². The molecule has 2 atom stereocenters. The van der Waals surface area contributed by atoms with Crippen molar-refractivity contribution in [2.75, 3.05) is 13.2 Å². The minimum atomic E-state index is -4.49. The summed E-state index contributed by atoms with van der Waals surface area (Å²) in [6, 6.07) is 10.3. The fourth-order valence-electron chi connectivity index (χ4n) is 2.55. The smallest absolute Gasteiger partial charge is 0.416 e. The first kappa shape index (κ1) is 18.1. The van der Waals surface area contributed by atoms with E-state index >= 15 is 0 Å². The predicted molar refractivity (Wildman–Crippen MR) is 87.7 cm³/mol. The fourth-order valence-corrected chi connectivity index (χ4v) is 2.55. The maximum Gasteiger partial charge on any atom is 0.416 e. The third kappa shape index (κ3) is 4.08. The number of carbonyl (C=O) groups is 1. The molecule has 1 aliphatic rings. The molecule has 1 heterocycles. The van der Waals surface area contributed by atoms with Gasteiger partial charge in [-0.3, -0.25) is 4.79 Å². The molecule has 5 nitrogen and oxygen atoms in total. The van der Waals surface area contributed by atoms with Gasteiger partial charge in [-0.2, -0.15) is 13.2 Å². The van der Waals surface area contributed by atoms with E-state index in [1.807, 2.05) is 6.07 Å². The van der Waals surface area contributed by atoms with Gasteiger partial charge in [-0.05, 0) is 29.8 Å². The lowest BCUT2D eigenvalue weighted by Gasteiger charge is -2.27. The molecule has 0 aliphatic carbocycles. The number of amides is 1. The Kier molecular flexibility index (Phi) is 5.03. The molecule has 8 heteroatoms. The Morgan fingerprint density at radius 2 is 1.92 bits per heavy atom. The second kappa shape index (κ2) is 7.25. The van der Waals surface area contributed by atoms with Gasteiger partial charge in [-0.1, -0.05) is 24.3 Å². The number of nitrogens with one attached hydrogen (secondary N) is 1. The fraction of sp³-hybridized carbons (Fsp3) is 0.278. The van der Waals surface area contributed by atoms with Crippen molar-refractivity contribution in [3.8, 4) is 11.5 Å². The Bertz CT molecular complexity index is 795. The third-order valence-electron chi connectivity index (χ3n) is 3.93. The van der Waals surface area contributed by atoms with Crippen LogP contribution in [0.2, 0.25) is 0 Å². The van der Waals surface area contributed by atoms with Crippen LogP contribution in [0.25, 0.3) is 0 Å². The Morgan fingerprint density at radius 3 is 2.65 bits per heavy atom. The summed E-state index contributed by atoms with van der Waals surface area (Å²) >= 11 is 0. The van der Waals surface area contributed by atoms with Gasteiger partial charge in [0.05, 0.1) is 12.1 Å². The van der Waals surface area contributed by atoms with E-state index in [1.54, 1.807) is 18.2 Å². The second-order valence-corrected chi connectivity index (χ2v) is 5.84. The number of hydrogen-bond donors (Lipinski definition) is 2. The summed E-state index contributed by atoms with van der Waals surface area (Å²) < 4.78 is 49.6. The van der Waals surface area contributed by atoms with Crippen molar-refractivity contribution in [3.63, 3.8) is 0 Å². The molecular formula is C18H17F3N2O3. The molecule has 2 aromatic rings. The summed E-state index contributed by atoms with van der Waals surface area (Å²) in [4.78, 5) is 12.2. The van der Waals surface area contributed by atoms with E-state index in [-0.39, 0.29) is 18.7 Å². The van der Waals surface area contributed by atoms with Gasteiger partial charge in [-0.15, -0.1) is 0 Å². The van der Waals surface area contributed by atoms with Crippen LogP contribution in [0.15, 0.2) is 48.5 Å². The number of carbonyl (C=O) groups excluding carboxylic acids is 1. The van der Waals surface area contributed by atoms with Crippen LogP contribution in [0.1, 0.15) is 17.2 Å². The van der Waals surface area contributed by atoms with E-state index in [0.29, 0.717) is 11.5 Å². The highest BCUT2D eigenvalue weighted by atomic mass is 19.4. The lowest BCUT2D eigenvalue weighted by atomic mass is 10.0. The molecule has 2 aromatic carbocycles. The van der Waals surface area contributed by atoms with Crippen LogP contribution in [-0.2, 0) is 11.0 Å². The number of para-hydroxylation sites is 2. The van der Waals surface area contributed by atoms with E-state index in [4.69, 9.17) is 15.2 Å². The number of hydrogen-bond acceptors (Lipinski definition) is 4. The van der Waals surface area contributed by atoms with Gasteiger partial charge >= 0.3 is 6.18 Å². The van der Waals surface area contributed by atoms with Crippen molar-refractivity contribution < 1.29 is 27.4 Å². The van der Waals surface area contributed by atoms with Crippen molar-refractivity contribution in [3.05, 3.63) is 59.7 Å². The van der Waals surface area contributed by atoms with Gasteiger partial charge in [-0.25, -0.2) is 0 Å². The number of nitrogens with two attached hydrogens (primary N) is 1. The van der Waals surface area contributed by atoms with Crippen molar-refractivity contribution in [2.24, 2.45) is 5.73 Å². The molecule has 138 valence electrons. The average Bonchev–Trinajstić information content (AvgIpc) is 2.64. The molecule has 3 rings (SSSR count). The molecular weight excluding hydrogens is 349 g/mol. The molecule has 2 unspecified atom stereocenters. The maximum atomic E-state index is 12.8. The molecule has 3 N–H and O–H groups in total. The number of benzene rings is 2. The zero-order valence-corrected chi connectivity index (χ0v) is 13.6. The Balaban J connectivity index is 1.59. The summed E-state index contributed by atoms with van der Waals surface area (Å²) in [5.74, 6) is 0.600. The number of alkyl halides is 3. The average molecular weight is 366 g/mol. The van der Waals surface area contributed by atoms with E-state index < -0.39 is 29.8 Å². The van der Waals surface area contributed by atoms with Crippen LogP contribution < -0.4 is 20.5 Å². The van der Waals surface area contributed by atoms with E-state index in [2.05, 4.69) is 5.32 Å². The van der Waals surface area contributed by atoms with Crippen LogP contribution in [0.4, 0.5) is 13.2 Å². The molecule has 0 bridgehead atoms. The molecule has 1 amide bonds. The zero-order chi connectivity index (χ0) is 18.7. The largest absolute Gasteiger partial charge is 0.486 e. The predicted octanol–water partition coefficient (Wildman–Crippen LogP) is 2.66. The summed E-state index contributed by atoms with van der Waals surface area (Å²) in [5.41, 5.74) is 5.03. The Labute approximate surface area is 147 Å². The Hall–Kier alpha value is -2.74. The quantitative estimate of drug-likeness (QED) is 0.873. The molecule has 0 saturated carbocycles. The lowest BCUT2D eigenvalue weighted by Crippen LogP contribution is -2.43. The van der Waals surface area contributed by atoms with Crippen molar-refractivity contribution >= 4 is 5.91 Å². The minimum absolute atomic E-state index is 0.0866. The summed E-state index contributed by atoms with van der Waals surface area (Å²) in [6.45, 7) is 0.371. The third-order valence-corrected chi connectivity index (χ3v) is 3.93. The lowest BCUT2D eigenvalue weighted by molar-refractivity contribution is -0.137. The minimum Gasteiger partial charge on any atom is -0.486 e. The number of rotatable bonds is 4. The highest BCUT2D eigenvalue weighted by Crippen LogP contribution is 2.31. The first-order chi connectivity index (χ1) is 12.3. The van der Waals surface area contributed by atoms with E-state index in [1.165, 1.54) is 12.1 Å². The van der Waals surface area contributed by atoms with Crippen LogP contribution >= 0.6 is 0 Å². The van der Waals surface area contributed by atoms with Crippen molar-refractivity contribution in [1.82, 2.24) is 5.32 Å². The summed E-state index contributed by atoms with van der Waals surface area (Å²) in [7, 11) is 0. The highest BCUT2D eigenvalue weighted by molar-refractivity contribution is 5.83. The van der Waals surface area contributed by atoms with Gasteiger partial charge in [0.1, 0.15) is 18.8 Å². The first-order valence-corrected chi connectivity index (χ1v) is 7.93. The number of fused-ring (bicyclic) bond motifs is 1. The Morgan fingerprint density at radius 1 is 1.19 bits per heavy atom. The molecule has 26 heavy (non-hydrogen) atoms. The topological polar surface area (TPSA) is 73.6 Å². The summed E-state index contributed by atoms with van der Waals surface area (Å²) in [5, 5.41) is 2.59. The van der Waals surface area contributed by atoms with Gasteiger partial charge in [0.15, 0.2) is 11.5 Å². The zero-order valence-electron chi connectivity index (χ0n) is 13.6. The highest BCUT2D eigenvalue weighted by Gasteiger charge is 2.31. The van der Waals surface area contributed by atoms with Gasteiger partial charge in [0.2, 0.25) is 5.91 Å². The van der Waals surface area contributed by atoms with Gasteiger partial charge in [0, 0.05) is 0 Å². The molecule has 0 fully saturated rings. The molecule has 1 aliphatic heterocycles. The van der Waals surface area contributed by atoms with Gasteiger partial charge < -0.3 is 20.5 Å². The summed E-state index contributed by atoms with van der Waals surface area (Å²) in [6.07, 6.45) is -4.91. The van der Waals surface area contributed by atoms with E-state index in [0.717, 1.165) is 12.1 Å². The maximum absolute atomic E-state index is 12.8. The number of halogens is 3. The SMILES string of the molecule is NC(C(=O)NCC1COc2ccccc2O1)c1cccc(C(F)(F)F)c1. The first-order valence-electron chi connectivity index (χ1n) is 7.93. The van der Waals surface area contributed by atoms with Crippen LogP contribution in [0, 0.1) is 0 Å². The molecule has 0 spiro atoms. The molecule has 0 saturated heterocycles. The van der Waals surface area contributed by atoms with Crippen LogP contribution in [-0.4, -0.2) is 25.2 Å². The van der Waals surface area contributed by atoms with Gasteiger partial charge in [0.25, 0.3) is 0 Å². The number of ether oxygens (including phenoxy) is 2. The van der Waals surface area contributed by atoms with Crippen LogP contribution in [0.5, 0.6) is 11.5 Å². The monoisotopic (exact) mass is 366 g/mol. The standard InChI is InChI=1S/C18H17F3N2O3/c19-18(20,21)12-5-3-4-11(8-12)16(22)17(24)23-9-13-10-25-14-6-1-2-7-15(14)26-13/h1-8,13,16H,9-10,22H2,(H,23,24). The van der Waals surface area contributed by atoms with Crippen molar-refractivity contribution in [1.29, 1.82) is 0 Å². The molecule has 0 radical (unpaired) electrons. The second-order valence-electron chi connectivity index (χ2n) is 5.84. The molecule has 0 aromatic heterocycles. The van der Waals surface area contributed by atoms with Crippen molar-refractivity contribution in [2.45, 2.75) is 18.3 Å². The normalized spacial score (nSPS) is 17.5. The van der Waals surface area contributed by atoms with E-state index in [9.17, 15) is 18.0 Å².